The third kappa shape index (κ3) is 4.49. The van der Waals surface area contributed by atoms with Gasteiger partial charge in [0.05, 0.1) is 17.2 Å². The maximum absolute atomic E-state index is 13.8. The Morgan fingerprint density at radius 3 is 2.67 bits per heavy atom. The number of halogens is 2. The molecule has 0 radical (unpaired) electrons. The normalized spacial score (nSPS) is 17.1. The predicted octanol–water partition coefficient (Wildman–Crippen LogP) is 2.59. The highest BCUT2D eigenvalue weighted by Gasteiger charge is 2.24. The third-order valence-electron chi connectivity index (χ3n) is 4.15. The fraction of sp³-hybridized carbons (Fsp3) is 0.278. The molecule has 144 valence electrons. The van der Waals surface area contributed by atoms with Crippen molar-refractivity contribution in [3.63, 3.8) is 0 Å². The lowest BCUT2D eigenvalue weighted by Gasteiger charge is -2.12. The van der Waals surface area contributed by atoms with Crippen LogP contribution in [0.1, 0.15) is 22.3 Å². The zero-order valence-electron chi connectivity index (χ0n) is 14.5. The highest BCUT2D eigenvalue weighted by molar-refractivity contribution is 7.89. The second-order valence-corrected chi connectivity index (χ2v) is 7.96. The first-order chi connectivity index (χ1) is 12.8. The average molecular weight is 396 g/mol. The maximum atomic E-state index is 13.8. The second-order valence-electron chi connectivity index (χ2n) is 6.24. The molecule has 2 aromatic carbocycles. The average Bonchev–Trinajstić information content (AvgIpc) is 3.12. The van der Waals surface area contributed by atoms with Crippen LogP contribution in [-0.2, 0) is 14.8 Å². The lowest BCUT2D eigenvalue weighted by atomic mass is 10.1. The van der Waals surface area contributed by atoms with E-state index in [0.717, 1.165) is 0 Å². The Morgan fingerprint density at radius 2 is 1.96 bits per heavy atom. The fourth-order valence-corrected chi connectivity index (χ4v) is 3.97. The summed E-state index contributed by atoms with van der Waals surface area (Å²) in [6, 6.07) is 6.91. The van der Waals surface area contributed by atoms with Crippen molar-refractivity contribution in [1.82, 2.24) is 4.72 Å². The molecule has 6 nitrogen and oxygen atoms in total. The maximum Gasteiger partial charge on any atom is 0.255 e. The predicted molar refractivity (Wildman–Crippen MR) is 95.0 cm³/mol. The Kier molecular flexibility index (Phi) is 5.54. The van der Waals surface area contributed by atoms with Crippen molar-refractivity contribution < 1.29 is 26.7 Å². The molecule has 3 rings (SSSR count). The summed E-state index contributed by atoms with van der Waals surface area (Å²) in [6.45, 7) is 2.22. The van der Waals surface area contributed by atoms with Gasteiger partial charge in [-0.2, -0.15) is 0 Å². The van der Waals surface area contributed by atoms with Gasteiger partial charge in [0.25, 0.3) is 5.91 Å². The van der Waals surface area contributed by atoms with Gasteiger partial charge in [-0.1, -0.05) is 6.07 Å². The standard InChI is InChI=1S/C18H18F2N2O4S/c1-11-7-17(16(20)9-15(11)19)21-18(23)12-3-2-4-14(8-12)27(24,25)22-13-5-6-26-10-13/h2-4,7-9,13,22H,5-6,10H2,1H3,(H,21,23)/t13-/m0/s1. The summed E-state index contributed by atoms with van der Waals surface area (Å²) in [7, 11) is -3.83. The van der Waals surface area contributed by atoms with Crippen LogP contribution in [0, 0.1) is 18.6 Å². The number of hydrogen-bond acceptors (Lipinski definition) is 4. The Balaban J connectivity index is 1.80. The van der Waals surface area contributed by atoms with Gasteiger partial charge in [-0.05, 0) is 43.2 Å². The van der Waals surface area contributed by atoms with Gasteiger partial charge in [0.2, 0.25) is 10.0 Å². The van der Waals surface area contributed by atoms with Crippen LogP contribution in [0.5, 0.6) is 0 Å². The quantitative estimate of drug-likeness (QED) is 0.814. The van der Waals surface area contributed by atoms with E-state index in [1.54, 1.807) is 0 Å². The molecular formula is C18H18F2N2O4S. The van der Waals surface area contributed by atoms with Crippen molar-refractivity contribution in [3.05, 3.63) is 59.2 Å². The minimum Gasteiger partial charge on any atom is -0.380 e. The minimum atomic E-state index is -3.83. The molecule has 0 unspecified atom stereocenters. The van der Waals surface area contributed by atoms with Crippen LogP contribution in [-0.4, -0.2) is 33.6 Å². The van der Waals surface area contributed by atoms with Gasteiger partial charge in [-0.3, -0.25) is 4.79 Å². The topological polar surface area (TPSA) is 84.5 Å². The van der Waals surface area contributed by atoms with E-state index in [1.165, 1.54) is 37.3 Å². The first-order valence-corrected chi connectivity index (χ1v) is 9.72. The van der Waals surface area contributed by atoms with E-state index in [2.05, 4.69) is 10.0 Å². The number of ether oxygens (including phenoxy) is 1. The van der Waals surface area contributed by atoms with Gasteiger partial charge in [0.1, 0.15) is 11.6 Å². The van der Waals surface area contributed by atoms with Crippen molar-refractivity contribution in [2.45, 2.75) is 24.3 Å². The van der Waals surface area contributed by atoms with Gasteiger partial charge < -0.3 is 10.1 Å². The number of amides is 1. The molecular weight excluding hydrogens is 378 g/mol. The number of nitrogens with one attached hydrogen (secondary N) is 2. The van der Waals surface area contributed by atoms with E-state index in [9.17, 15) is 22.0 Å². The molecule has 1 saturated heterocycles. The molecule has 9 heteroatoms. The number of aryl methyl sites for hydroxylation is 1. The number of hydrogen-bond donors (Lipinski definition) is 2. The van der Waals surface area contributed by atoms with Crippen LogP contribution in [0.2, 0.25) is 0 Å². The number of benzene rings is 2. The largest absolute Gasteiger partial charge is 0.380 e. The first kappa shape index (κ1) is 19.4. The van der Waals surface area contributed by atoms with Crippen molar-refractivity contribution in [2.24, 2.45) is 0 Å². The lowest BCUT2D eigenvalue weighted by molar-refractivity contribution is 0.102. The highest BCUT2D eigenvalue weighted by Crippen LogP contribution is 2.20. The van der Waals surface area contributed by atoms with Gasteiger partial charge in [-0.15, -0.1) is 0 Å². The summed E-state index contributed by atoms with van der Waals surface area (Å²) < 4.78 is 59.7. The van der Waals surface area contributed by atoms with Crippen LogP contribution in [0.15, 0.2) is 41.3 Å². The van der Waals surface area contributed by atoms with Crippen molar-refractivity contribution >= 4 is 21.6 Å². The Morgan fingerprint density at radius 1 is 1.19 bits per heavy atom. The molecule has 0 aromatic heterocycles. The van der Waals surface area contributed by atoms with E-state index in [1.807, 2.05) is 0 Å². The lowest BCUT2D eigenvalue weighted by Crippen LogP contribution is -2.35. The van der Waals surface area contributed by atoms with E-state index < -0.39 is 27.6 Å². The molecule has 2 aromatic rings. The van der Waals surface area contributed by atoms with Gasteiger partial charge in [0, 0.05) is 24.3 Å². The molecule has 1 heterocycles. The van der Waals surface area contributed by atoms with Crippen molar-refractivity contribution in [1.29, 1.82) is 0 Å². The van der Waals surface area contributed by atoms with E-state index >= 15 is 0 Å². The van der Waals surface area contributed by atoms with Gasteiger partial charge in [0.15, 0.2) is 0 Å². The molecule has 0 saturated carbocycles. The van der Waals surface area contributed by atoms with E-state index in [0.29, 0.717) is 25.7 Å². The summed E-state index contributed by atoms with van der Waals surface area (Å²) >= 11 is 0. The zero-order chi connectivity index (χ0) is 19.6. The molecule has 1 fully saturated rings. The van der Waals surface area contributed by atoms with Crippen LogP contribution in [0.3, 0.4) is 0 Å². The molecule has 1 atom stereocenters. The first-order valence-electron chi connectivity index (χ1n) is 8.23. The zero-order valence-corrected chi connectivity index (χ0v) is 15.3. The molecule has 0 aliphatic carbocycles. The number of carbonyl (C=O) groups excluding carboxylic acids is 1. The molecule has 2 N–H and O–H groups in total. The summed E-state index contributed by atoms with van der Waals surface area (Å²) in [5.41, 5.74) is 0.0151. The monoisotopic (exact) mass is 396 g/mol. The third-order valence-corrected chi connectivity index (χ3v) is 5.67. The second kappa shape index (κ2) is 7.71. The molecule has 1 aliphatic heterocycles. The summed E-state index contributed by atoms with van der Waals surface area (Å²) in [5.74, 6) is -2.35. The molecule has 1 amide bonds. The SMILES string of the molecule is Cc1cc(NC(=O)c2cccc(S(=O)(=O)N[C@H]3CCOC3)c2)c(F)cc1F. The van der Waals surface area contributed by atoms with Crippen molar-refractivity contribution in [2.75, 3.05) is 18.5 Å². The molecule has 0 bridgehead atoms. The van der Waals surface area contributed by atoms with Crippen molar-refractivity contribution in [3.8, 4) is 0 Å². The number of sulfonamides is 1. The molecule has 1 aliphatic rings. The fourth-order valence-electron chi connectivity index (χ4n) is 2.67. The van der Waals surface area contributed by atoms with E-state index in [4.69, 9.17) is 4.74 Å². The van der Waals surface area contributed by atoms with E-state index in [-0.39, 0.29) is 27.8 Å². The van der Waals surface area contributed by atoms with Crippen LogP contribution >= 0.6 is 0 Å². The number of rotatable bonds is 5. The minimum absolute atomic E-state index is 0.0296. The van der Waals surface area contributed by atoms with Crippen LogP contribution < -0.4 is 10.0 Å². The van der Waals surface area contributed by atoms with Crippen LogP contribution in [0.4, 0.5) is 14.5 Å². The van der Waals surface area contributed by atoms with Gasteiger partial charge in [-0.25, -0.2) is 21.9 Å². The van der Waals surface area contributed by atoms with Gasteiger partial charge >= 0.3 is 0 Å². The summed E-state index contributed by atoms with van der Waals surface area (Å²) in [4.78, 5) is 12.3. The Hall–Kier alpha value is -2.36. The number of carbonyl (C=O) groups is 1. The molecule has 0 spiro atoms. The summed E-state index contributed by atoms with van der Waals surface area (Å²) in [6.07, 6.45) is 0.572. The molecule has 27 heavy (non-hydrogen) atoms. The Bertz CT molecular complexity index is 973. The smallest absolute Gasteiger partial charge is 0.255 e. The summed E-state index contributed by atoms with van der Waals surface area (Å²) in [5, 5.41) is 2.33. The Labute approximate surface area is 155 Å². The van der Waals surface area contributed by atoms with Crippen LogP contribution in [0.25, 0.3) is 0 Å². The number of anilines is 1. The highest BCUT2D eigenvalue weighted by atomic mass is 32.2.